The number of carboxylic acids is 1. The largest absolute Gasteiger partial charge is 0.496 e. The number of hydrogen-bond donors (Lipinski definition) is 1. The van der Waals surface area contributed by atoms with E-state index in [1.807, 2.05) is 0 Å². The first-order valence-corrected chi connectivity index (χ1v) is 4.65. The molecule has 5 heteroatoms. The third-order valence-electron chi connectivity index (χ3n) is 1.84. The highest BCUT2D eigenvalue weighted by atomic mass is 35.5. The molecule has 1 rings (SSSR count). The summed E-state index contributed by atoms with van der Waals surface area (Å²) in [5.74, 6) is -0.831. The van der Waals surface area contributed by atoms with Crippen LogP contribution in [0, 0.1) is 11.3 Å². The zero-order valence-corrected chi connectivity index (χ0v) is 9.15. The Hall–Kier alpha value is -1.99. The predicted molar refractivity (Wildman–Crippen MR) is 59.2 cm³/mol. The van der Waals surface area contributed by atoms with E-state index in [1.54, 1.807) is 18.2 Å². The van der Waals surface area contributed by atoms with Crippen molar-refractivity contribution in [2.24, 2.45) is 0 Å². The number of carboxylic acid groups (broad SMARTS) is 1. The molecule has 82 valence electrons. The molecule has 0 atom stereocenters. The molecule has 0 heterocycles. The lowest BCUT2D eigenvalue weighted by molar-refractivity contribution is -0.132. The van der Waals surface area contributed by atoms with Gasteiger partial charge in [0.2, 0.25) is 0 Å². The number of ether oxygens (including phenoxy) is 1. The van der Waals surface area contributed by atoms with Gasteiger partial charge in [-0.05, 0) is 24.3 Å². The van der Waals surface area contributed by atoms with Crippen LogP contribution in [0.5, 0.6) is 5.75 Å². The van der Waals surface area contributed by atoms with Gasteiger partial charge in [-0.3, -0.25) is 0 Å². The lowest BCUT2D eigenvalue weighted by Crippen LogP contribution is -1.98. The van der Waals surface area contributed by atoms with Crippen molar-refractivity contribution in [3.8, 4) is 11.8 Å². The Morgan fingerprint density at radius 2 is 2.31 bits per heavy atom. The summed E-state index contributed by atoms with van der Waals surface area (Å²) in [6.45, 7) is 0. The van der Waals surface area contributed by atoms with Crippen molar-refractivity contribution in [1.29, 1.82) is 5.26 Å². The fraction of sp³-hybridized carbons (Fsp3) is 0.0909. The van der Waals surface area contributed by atoms with Crippen LogP contribution in [0.4, 0.5) is 0 Å². The number of nitrogens with zero attached hydrogens (tertiary/aromatic N) is 1. The predicted octanol–water partition coefficient (Wildman–Crippen LogP) is 2.34. The molecule has 1 N–H and O–H groups in total. The summed E-state index contributed by atoms with van der Waals surface area (Å²) in [5.41, 5.74) is 0.0783. The van der Waals surface area contributed by atoms with Crippen LogP contribution in [0.25, 0.3) is 6.08 Å². The van der Waals surface area contributed by atoms with E-state index in [0.717, 1.165) is 0 Å². The van der Waals surface area contributed by atoms with Gasteiger partial charge in [-0.15, -0.1) is 0 Å². The Labute approximate surface area is 97.3 Å². The van der Waals surface area contributed by atoms with E-state index in [1.165, 1.54) is 19.3 Å². The smallest absolute Gasteiger partial charge is 0.346 e. The van der Waals surface area contributed by atoms with Crippen LogP contribution in [0.2, 0.25) is 5.02 Å². The number of carbonyl (C=O) groups is 1. The number of halogens is 1. The summed E-state index contributed by atoms with van der Waals surface area (Å²) < 4.78 is 5.02. The topological polar surface area (TPSA) is 70.3 Å². The second-order valence-electron chi connectivity index (χ2n) is 2.86. The monoisotopic (exact) mass is 237 g/mol. The fourth-order valence-electron chi connectivity index (χ4n) is 1.12. The van der Waals surface area contributed by atoms with E-state index in [2.05, 4.69) is 0 Å². The third-order valence-corrected chi connectivity index (χ3v) is 2.08. The van der Waals surface area contributed by atoms with Gasteiger partial charge in [0.15, 0.2) is 0 Å². The van der Waals surface area contributed by atoms with E-state index < -0.39 is 5.97 Å². The quantitative estimate of drug-likeness (QED) is 0.647. The van der Waals surface area contributed by atoms with Crippen molar-refractivity contribution in [1.82, 2.24) is 0 Å². The number of aliphatic carboxylic acids is 1. The summed E-state index contributed by atoms with van der Waals surface area (Å²) in [5, 5.41) is 17.8. The van der Waals surface area contributed by atoms with Gasteiger partial charge < -0.3 is 9.84 Å². The first-order chi connectivity index (χ1) is 7.58. The molecule has 0 amide bonds. The van der Waals surface area contributed by atoms with Crippen molar-refractivity contribution < 1.29 is 14.6 Å². The van der Waals surface area contributed by atoms with Crippen LogP contribution in [-0.2, 0) is 4.79 Å². The molecule has 0 spiro atoms. The van der Waals surface area contributed by atoms with Crippen LogP contribution >= 0.6 is 11.6 Å². The minimum Gasteiger partial charge on any atom is -0.496 e. The van der Waals surface area contributed by atoms with Gasteiger partial charge in [0.05, 0.1) is 7.11 Å². The van der Waals surface area contributed by atoms with Gasteiger partial charge in [0, 0.05) is 10.6 Å². The van der Waals surface area contributed by atoms with E-state index in [9.17, 15) is 4.79 Å². The molecule has 0 fully saturated rings. The minimum absolute atomic E-state index is 0.374. The molecule has 0 bridgehead atoms. The van der Waals surface area contributed by atoms with E-state index >= 15 is 0 Å². The molecule has 1 aromatic rings. The first kappa shape index (κ1) is 12.1. The number of nitriles is 1. The Kier molecular flexibility index (Phi) is 3.92. The summed E-state index contributed by atoms with van der Waals surface area (Å²) >= 11 is 5.76. The van der Waals surface area contributed by atoms with Crippen molar-refractivity contribution in [3.05, 3.63) is 34.4 Å². The standard InChI is InChI=1S/C11H8ClNO3/c1-16-10-3-2-9(12)5-7(10)4-8(6-13)11(14)15/h2-5H,1H3,(H,14,15). The molecule has 4 nitrogen and oxygen atoms in total. The molecule has 0 aromatic heterocycles. The zero-order chi connectivity index (χ0) is 12.1. The zero-order valence-electron chi connectivity index (χ0n) is 8.40. The van der Waals surface area contributed by atoms with Gasteiger partial charge in [-0.25, -0.2) is 4.79 Å². The molecule has 0 saturated carbocycles. The number of methoxy groups -OCH3 is 1. The highest BCUT2D eigenvalue weighted by molar-refractivity contribution is 6.30. The number of hydrogen-bond acceptors (Lipinski definition) is 3. The Balaban J connectivity index is 3.27. The van der Waals surface area contributed by atoms with Crippen molar-refractivity contribution in [3.63, 3.8) is 0 Å². The molecule has 0 radical (unpaired) electrons. The third kappa shape index (κ3) is 2.75. The highest BCUT2D eigenvalue weighted by Gasteiger charge is 2.08. The molecule has 0 aliphatic carbocycles. The normalized spacial score (nSPS) is 10.7. The Morgan fingerprint density at radius 3 is 2.81 bits per heavy atom. The minimum atomic E-state index is -1.29. The van der Waals surface area contributed by atoms with Crippen molar-refractivity contribution >= 4 is 23.6 Å². The van der Waals surface area contributed by atoms with E-state index in [0.29, 0.717) is 16.3 Å². The van der Waals surface area contributed by atoms with Crippen molar-refractivity contribution in [2.75, 3.05) is 7.11 Å². The van der Waals surface area contributed by atoms with Crippen LogP contribution in [0.1, 0.15) is 5.56 Å². The number of rotatable bonds is 3. The second-order valence-corrected chi connectivity index (χ2v) is 3.30. The van der Waals surface area contributed by atoms with Gasteiger partial charge in [-0.2, -0.15) is 5.26 Å². The molecule has 0 aliphatic heterocycles. The fourth-order valence-corrected chi connectivity index (χ4v) is 1.30. The lowest BCUT2D eigenvalue weighted by Gasteiger charge is -2.04. The summed E-state index contributed by atoms with van der Waals surface area (Å²) in [7, 11) is 1.45. The van der Waals surface area contributed by atoms with E-state index in [4.69, 9.17) is 26.7 Å². The lowest BCUT2D eigenvalue weighted by atomic mass is 10.1. The van der Waals surface area contributed by atoms with Crippen molar-refractivity contribution in [2.45, 2.75) is 0 Å². The van der Waals surface area contributed by atoms with Crippen LogP contribution in [0.15, 0.2) is 23.8 Å². The average Bonchev–Trinajstić information content (AvgIpc) is 2.25. The first-order valence-electron chi connectivity index (χ1n) is 4.27. The molecule has 0 unspecified atom stereocenters. The average molecular weight is 238 g/mol. The maximum Gasteiger partial charge on any atom is 0.346 e. The Bertz CT molecular complexity index is 488. The van der Waals surface area contributed by atoms with Crippen LogP contribution in [0.3, 0.4) is 0 Å². The number of benzene rings is 1. The summed E-state index contributed by atoms with van der Waals surface area (Å²) in [6.07, 6.45) is 1.22. The SMILES string of the molecule is COc1ccc(Cl)cc1C=C(C#N)C(=O)O. The van der Waals surface area contributed by atoms with Crippen LogP contribution in [-0.4, -0.2) is 18.2 Å². The second kappa shape index (κ2) is 5.19. The molecule has 16 heavy (non-hydrogen) atoms. The summed E-state index contributed by atoms with van der Waals surface area (Å²) in [6, 6.07) is 6.33. The molecular formula is C11H8ClNO3. The highest BCUT2D eigenvalue weighted by Crippen LogP contribution is 2.24. The maximum atomic E-state index is 10.7. The van der Waals surface area contributed by atoms with E-state index in [-0.39, 0.29) is 5.57 Å². The molecule has 1 aromatic carbocycles. The maximum absolute atomic E-state index is 10.7. The van der Waals surface area contributed by atoms with Gasteiger partial charge in [-0.1, -0.05) is 11.6 Å². The summed E-state index contributed by atoms with van der Waals surface area (Å²) in [4.78, 5) is 10.7. The van der Waals surface area contributed by atoms with Crippen LogP contribution < -0.4 is 4.74 Å². The van der Waals surface area contributed by atoms with Gasteiger partial charge in [0.25, 0.3) is 0 Å². The van der Waals surface area contributed by atoms with Gasteiger partial charge in [0.1, 0.15) is 17.4 Å². The molecule has 0 saturated heterocycles. The Morgan fingerprint density at radius 1 is 1.62 bits per heavy atom. The molecular weight excluding hydrogens is 230 g/mol. The molecule has 0 aliphatic rings. The van der Waals surface area contributed by atoms with Gasteiger partial charge >= 0.3 is 5.97 Å².